The summed E-state index contributed by atoms with van der Waals surface area (Å²) in [5.74, 6) is -0.407. The van der Waals surface area contributed by atoms with Crippen molar-refractivity contribution in [3.63, 3.8) is 0 Å². The number of carbonyl (C=O) groups is 2. The number of nitriles is 1. The Morgan fingerprint density at radius 2 is 2.08 bits per heavy atom. The van der Waals surface area contributed by atoms with Gasteiger partial charge in [0.25, 0.3) is 5.91 Å². The number of rotatable bonds is 5. The Balaban J connectivity index is 1.56. The minimum absolute atomic E-state index is 0.106. The van der Waals surface area contributed by atoms with Crippen molar-refractivity contribution in [1.29, 1.82) is 5.26 Å². The molecular weight excluding hydrogens is 356 g/mol. The summed E-state index contributed by atoms with van der Waals surface area (Å²) in [7, 11) is 0. The van der Waals surface area contributed by atoms with Crippen LogP contribution in [0.1, 0.15) is 47.5 Å². The van der Waals surface area contributed by atoms with Gasteiger partial charge in [0.05, 0.1) is 23.1 Å². The van der Waals surface area contributed by atoms with Gasteiger partial charge in [-0.15, -0.1) is 22.7 Å². The van der Waals surface area contributed by atoms with Crippen LogP contribution in [-0.2, 0) is 11.2 Å². The van der Waals surface area contributed by atoms with Gasteiger partial charge in [-0.25, -0.2) is 4.98 Å². The fourth-order valence-corrected chi connectivity index (χ4v) is 4.23. The van der Waals surface area contributed by atoms with Crippen molar-refractivity contribution in [2.24, 2.45) is 0 Å². The van der Waals surface area contributed by atoms with Crippen molar-refractivity contribution in [2.75, 3.05) is 5.32 Å². The molecule has 8 heteroatoms. The first kappa shape index (κ1) is 17.6. The van der Waals surface area contributed by atoms with Crippen molar-refractivity contribution < 1.29 is 9.59 Å². The number of nitrogens with zero attached hydrogens (tertiary/aromatic N) is 2. The Bertz CT molecular complexity index is 786. The van der Waals surface area contributed by atoms with Gasteiger partial charge in [0.2, 0.25) is 5.91 Å². The number of carbonyl (C=O) groups excluding carboxylic acids is 2. The average Bonchev–Trinajstić information content (AvgIpc) is 3.27. The Kier molecular flexibility index (Phi) is 5.46. The van der Waals surface area contributed by atoms with Crippen LogP contribution in [0.4, 0.5) is 5.13 Å². The van der Waals surface area contributed by atoms with E-state index in [1.807, 2.05) is 11.4 Å². The molecule has 130 valence electrons. The van der Waals surface area contributed by atoms with Gasteiger partial charge >= 0.3 is 0 Å². The number of anilines is 1. The average molecular weight is 374 g/mol. The molecule has 2 aromatic rings. The molecule has 0 aromatic carbocycles. The van der Waals surface area contributed by atoms with Gasteiger partial charge < -0.3 is 5.32 Å². The smallest absolute Gasteiger partial charge is 0.267 e. The van der Waals surface area contributed by atoms with E-state index in [1.165, 1.54) is 22.7 Å². The van der Waals surface area contributed by atoms with Crippen LogP contribution in [0, 0.1) is 11.3 Å². The summed E-state index contributed by atoms with van der Waals surface area (Å²) in [6.07, 6.45) is 4.54. The Labute approximate surface area is 153 Å². The third-order valence-electron chi connectivity index (χ3n) is 4.16. The highest BCUT2D eigenvalue weighted by atomic mass is 32.1. The number of amides is 2. The lowest BCUT2D eigenvalue weighted by Gasteiger charge is -2.31. The lowest BCUT2D eigenvalue weighted by molar-refractivity contribution is -0.122. The summed E-state index contributed by atoms with van der Waals surface area (Å²) in [5.41, 5.74) is -0.144. The molecule has 2 heterocycles. The summed E-state index contributed by atoms with van der Waals surface area (Å²) in [4.78, 5) is 29.2. The molecular formula is C17H18N4O2S2. The molecule has 2 aromatic heterocycles. The van der Waals surface area contributed by atoms with E-state index >= 15 is 0 Å². The summed E-state index contributed by atoms with van der Waals surface area (Å²) in [5, 5.41) is 19.1. The quantitative estimate of drug-likeness (QED) is 0.839. The molecule has 2 N–H and O–H groups in total. The standard InChI is InChI=1S/C17H18N4O2S2/c18-11-17(6-2-1-3-7-17)21-14(22)9-12-10-25-16(19-12)20-15(23)13-5-4-8-24-13/h4-5,8,10H,1-3,6-7,9H2,(H,21,22)(H,19,20,23). The maximum absolute atomic E-state index is 12.3. The minimum atomic E-state index is -0.735. The maximum Gasteiger partial charge on any atom is 0.267 e. The van der Waals surface area contributed by atoms with Crippen molar-refractivity contribution in [3.05, 3.63) is 33.5 Å². The van der Waals surface area contributed by atoms with Gasteiger partial charge in [-0.1, -0.05) is 25.3 Å². The van der Waals surface area contributed by atoms with Crippen molar-refractivity contribution >= 4 is 39.6 Å². The van der Waals surface area contributed by atoms with Gasteiger partial charge in [-0.2, -0.15) is 5.26 Å². The highest BCUT2D eigenvalue weighted by Crippen LogP contribution is 2.27. The molecule has 0 bridgehead atoms. The summed E-state index contributed by atoms with van der Waals surface area (Å²) in [6, 6.07) is 5.83. The topological polar surface area (TPSA) is 94.9 Å². The number of aromatic nitrogens is 1. The molecule has 6 nitrogen and oxygen atoms in total. The van der Waals surface area contributed by atoms with Gasteiger partial charge in [0.15, 0.2) is 5.13 Å². The molecule has 0 atom stereocenters. The van der Waals surface area contributed by atoms with E-state index in [4.69, 9.17) is 0 Å². The largest absolute Gasteiger partial charge is 0.337 e. The van der Waals surface area contributed by atoms with E-state index in [0.717, 1.165) is 19.3 Å². The van der Waals surface area contributed by atoms with E-state index in [-0.39, 0.29) is 18.2 Å². The van der Waals surface area contributed by atoms with Crippen LogP contribution in [0.2, 0.25) is 0 Å². The van der Waals surface area contributed by atoms with Crippen LogP contribution in [0.5, 0.6) is 0 Å². The summed E-state index contributed by atoms with van der Waals surface area (Å²) < 4.78 is 0. The third kappa shape index (κ3) is 4.44. The highest BCUT2D eigenvalue weighted by molar-refractivity contribution is 7.14. The van der Waals surface area contributed by atoms with Gasteiger partial charge in [-0.3, -0.25) is 14.9 Å². The maximum atomic E-state index is 12.3. The molecule has 1 saturated carbocycles. The molecule has 0 unspecified atom stereocenters. The molecule has 1 fully saturated rings. The first-order valence-electron chi connectivity index (χ1n) is 8.12. The zero-order valence-electron chi connectivity index (χ0n) is 13.6. The number of hydrogen-bond donors (Lipinski definition) is 2. The summed E-state index contributed by atoms with van der Waals surface area (Å²) in [6.45, 7) is 0. The van der Waals surface area contributed by atoms with Gasteiger partial charge in [0.1, 0.15) is 5.54 Å². The molecule has 0 saturated heterocycles. The van der Waals surface area contributed by atoms with Gasteiger partial charge in [-0.05, 0) is 24.3 Å². The van der Waals surface area contributed by atoms with Crippen LogP contribution in [-0.4, -0.2) is 22.3 Å². The monoisotopic (exact) mass is 374 g/mol. The zero-order chi connectivity index (χ0) is 17.7. The first-order valence-corrected chi connectivity index (χ1v) is 9.88. The molecule has 1 aliphatic carbocycles. The molecule has 0 radical (unpaired) electrons. The van der Waals surface area contributed by atoms with Crippen LogP contribution >= 0.6 is 22.7 Å². The van der Waals surface area contributed by atoms with Crippen molar-refractivity contribution in [3.8, 4) is 6.07 Å². The van der Waals surface area contributed by atoms with Crippen LogP contribution in [0.25, 0.3) is 0 Å². The second-order valence-corrected chi connectivity index (χ2v) is 7.86. The third-order valence-corrected chi connectivity index (χ3v) is 5.83. The SMILES string of the molecule is N#CC1(NC(=O)Cc2csc(NC(=O)c3cccs3)n2)CCCCC1. The fraction of sp³-hybridized carbons (Fsp3) is 0.412. The lowest BCUT2D eigenvalue weighted by atomic mass is 9.83. The fourth-order valence-electron chi connectivity index (χ4n) is 2.91. The number of thiophene rings is 1. The van der Waals surface area contributed by atoms with E-state index < -0.39 is 5.54 Å². The normalized spacial score (nSPS) is 16.0. The van der Waals surface area contributed by atoms with Crippen LogP contribution in [0.3, 0.4) is 0 Å². The predicted octanol–water partition coefficient (Wildman–Crippen LogP) is 3.34. The van der Waals surface area contributed by atoms with Crippen LogP contribution in [0.15, 0.2) is 22.9 Å². The molecule has 25 heavy (non-hydrogen) atoms. The minimum Gasteiger partial charge on any atom is -0.337 e. The second-order valence-electron chi connectivity index (χ2n) is 6.05. The van der Waals surface area contributed by atoms with Crippen molar-refractivity contribution in [2.45, 2.75) is 44.1 Å². The van der Waals surface area contributed by atoms with E-state index in [2.05, 4.69) is 21.7 Å². The van der Waals surface area contributed by atoms with E-state index in [1.54, 1.807) is 11.4 Å². The Morgan fingerprint density at radius 1 is 1.28 bits per heavy atom. The molecule has 0 aliphatic heterocycles. The number of nitrogens with one attached hydrogen (secondary N) is 2. The predicted molar refractivity (Wildman–Crippen MR) is 97.7 cm³/mol. The second kappa shape index (κ2) is 7.76. The van der Waals surface area contributed by atoms with Crippen LogP contribution < -0.4 is 10.6 Å². The molecule has 2 amide bonds. The summed E-state index contributed by atoms with van der Waals surface area (Å²) >= 11 is 2.64. The number of hydrogen-bond acceptors (Lipinski definition) is 6. The molecule has 0 spiro atoms. The van der Waals surface area contributed by atoms with Crippen molar-refractivity contribution in [1.82, 2.24) is 10.3 Å². The number of thiazole rings is 1. The zero-order valence-corrected chi connectivity index (χ0v) is 15.2. The van der Waals surface area contributed by atoms with E-state index in [0.29, 0.717) is 28.5 Å². The van der Waals surface area contributed by atoms with E-state index in [9.17, 15) is 14.9 Å². The lowest BCUT2D eigenvalue weighted by Crippen LogP contribution is -2.49. The molecule has 1 aliphatic rings. The molecule has 3 rings (SSSR count). The first-order chi connectivity index (χ1) is 12.1. The highest BCUT2D eigenvalue weighted by Gasteiger charge is 2.33. The van der Waals surface area contributed by atoms with Gasteiger partial charge in [0, 0.05) is 5.38 Å². The Morgan fingerprint density at radius 3 is 2.76 bits per heavy atom. The Hall–Kier alpha value is -2.24.